The Morgan fingerprint density at radius 2 is 2.44 bits per heavy atom. The molecule has 0 rings (SSSR count). The van der Waals surface area contributed by atoms with Gasteiger partial charge in [0.25, 0.3) is 0 Å². The van der Waals surface area contributed by atoms with Crippen LogP contribution in [-0.2, 0) is 9.53 Å². The highest BCUT2D eigenvalue weighted by Gasteiger charge is 1.89. The molecule has 52 valence electrons. The van der Waals surface area contributed by atoms with Crippen LogP contribution in [0.5, 0.6) is 0 Å². The summed E-state index contributed by atoms with van der Waals surface area (Å²) in [6, 6.07) is 0. The van der Waals surface area contributed by atoms with E-state index in [0.717, 1.165) is 0 Å². The van der Waals surface area contributed by atoms with Crippen molar-refractivity contribution in [3.63, 3.8) is 0 Å². The number of esters is 1. The molecule has 0 aromatic rings. The second-order valence-corrected chi connectivity index (χ2v) is 1.96. The summed E-state index contributed by atoms with van der Waals surface area (Å²) in [5, 5.41) is 0.686. The summed E-state index contributed by atoms with van der Waals surface area (Å²) in [6.45, 7) is 2.21. The van der Waals surface area contributed by atoms with Gasteiger partial charge in [0, 0.05) is 11.4 Å². The molecule has 9 heavy (non-hydrogen) atoms. The van der Waals surface area contributed by atoms with E-state index in [4.69, 9.17) is 0 Å². The van der Waals surface area contributed by atoms with Crippen LogP contribution in [0.4, 0.5) is 0 Å². The quantitative estimate of drug-likeness (QED) is 0.385. The van der Waals surface area contributed by atoms with Crippen LogP contribution in [-0.4, -0.2) is 17.9 Å². The zero-order chi connectivity index (χ0) is 7.11. The number of ether oxygens (including phenoxy) is 1. The molecule has 0 saturated heterocycles. The molecule has 0 unspecified atom stereocenters. The molecule has 0 amide bonds. The minimum absolute atomic E-state index is 0.281. The van der Waals surface area contributed by atoms with E-state index in [1.165, 1.54) is 6.08 Å². The Labute approximate surface area is 63.0 Å². The second kappa shape index (κ2) is 5.82. The van der Waals surface area contributed by atoms with Crippen molar-refractivity contribution < 1.29 is 9.53 Å². The third-order valence-corrected chi connectivity index (χ3v) is 1.00. The van der Waals surface area contributed by atoms with E-state index in [-0.39, 0.29) is 5.97 Å². The molecule has 0 aliphatic carbocycles. The predicted octanol–water partition coefficient (Wildman–Crippen LogP) is 1.50. The van der Waals surface area contributed by atoms with Crippen molar-refractivity contribution in [1.29, 1.82) is 0 Å². The number of carbonyl (C=O) groups excluding carboxylic acids is 1. The molecule has 2 nitrogen and oxygen atoms in total. The lowest BCUT2D eigenvalue weighted by Gasteiger charge is -1.92. The van der Waals surface area contributed by atoms with E-state index in [0.29, 0.717) is 11.9 Å². The topological polar surface area (TPSA) is 26.3 Å². The Morgan fingerprint density at radius 1 is 1.78 bits per heavy atom. The lowest BCUT2D eigenvalue weighted by Crippen LogP contribution is -1.98. The highest BCUT2D eigenvalue weighted by Crippen LogP contribution is 1.84. The average Bonchev–Trinajstić information content (AvgIpc) is 1.85. The van der Waals surface area contributed by atoms with Crippen LogP contribution in [0.3, 0.4) is 0 Å². The third kappa shape index (κ3) is 5.56. The minimum atomic E-state index is -0.281. The van der Waals surface area contributed by atoms with Crippen LogP contribution in [0.25, 0.3) is 0 Å². The monoisotopic (exact) mass is 192 g/mol. The molecule has 3 heteroatoms. The van der Waals surface area contributed by atoms with Gasteiger partial charge < -0.3 is 4.74 Å². The molecular formula is C6H9BrO2. The molecule has 0 fully saturated rings. The van der Waals surface area contributed by atoms with Crippen molar-refractivity contribution in [2.24, 2.45) is 0 Å². The molecule has 0 N–H and O–H groups in total. The average molecular weight is 193 g/mol. The number of rotatable bonds is 3. The number of allylic oxidation sites excluding steroid dienone is 1. The predicted molar refractivity (Wildman–Crippen MR) is 39.6 cm³/mol. The van der Waals surface area contributed by atoms with Crippen LogP contribution >= 0.6 is 15.9 Å². The number of hydrogen-bond acceptors (Lipinski definition) is 2. The first kappa shape index (κ1) is 8.69. The zero-order valence-electron chi connectivity index (χ0n) is 5.26. The maximum atomic E-state index is 10.5. The molecular weight excluding hydrogens is 184 g/mol. The van der Waals surface area contributed by atoms with Gasteiger partial charge in [0.15, 0.2) is 0 Å². The highest BCUT2D eigenvalue weighted by atomic mass is 79.9. The first-order chi connectivity index (χ1) is 4.31. The Hall–Kier alpha value is -0.310. The van der Waals surface area contributed by atoms with Gasteiger partial charge in [-0.15, -0.1) is 0 Å². The number of alkyl halides is 1. The standard InChI is InChI=1S/C6H9BrO2/c1-2-9-6(8)4-3-5-7/h3-4H,2,5H2,1H3/b4-3-. The van der Waals surface area contributed by atoms with Crippen LogP contribution in [0.1, 0.15) is 6.92 Å². The summed E-state index contributed by atoms with van der Waals surface area (Å²) in [5.41, 5.74) is 0. The van der Waals surface area contributed by atoms with Gasteiger partial charge in [-0.2, -0.15) is 0 Å². The summed E-state index contributed by atoms with van der Waals surface area (Å²) in [5.74, 6) is -0.281. The number of hydrogen-bond donors (Lipinski definition) is 0. The molecule has 0 atom stereocenters. The fraction of sp³-hybridized carbons (Fsp3) is 0.500. The van der Waals surface area contributed by atoms with Crippen molar-refractivity contribution in [3.05, 3.63) is 12.2 Å². The van der Waals surface area contributed by atoms with E-state index in [1.807, 2.05) is 0 Å². The minimum Gasteiger partial charge on any atom is -0.463 e. The molecule has 0 aromatic carbocycles. The van der Waals surface area contributed by atoms with Crippen molar-refractivity contribution >= 4 is 21.9 Å². The normalized spacial score (nSPS) is 10.0. The van der Waals surface area contributed by atoms with Crippen molar-refractivity contribution in [1.82, 2.24) is 0 Å². The Bertz CT molecular complexity index is 110. The van der Waals surface area contributed by atoms with E-state index in [1.54, 1.807) is 13.0 Å². The fourth-order valence-electron chi connectivity index (χ4n) is 0.331. The van der Waals surface area contributed by atoms with Crippen LogP contribution in [0.2, 0.25) is 0 Å². The van der Waals surface area contributed by atoms with Gasteiger partial charge in [-0.3, -0.25) is 0 Å². The summed E-state index contributed by atoms with van der Waals surface area (Å²) in [6.07, 6.45) is 3.09. The maximum absolute atomic E-state index is 10.5. The molecule has 0 radical (unpaired) electrons. The van der Waals surface area contributed by atoms with Crippen molar-refractivity contribution in [2.75, 3.05) is 11.9 Å². The van der Waals surface area contributed by atoms with Gasteiger partial charge in [0.2, 0.25) is 0 Å². The second-order valence-electron chi connectivity index (χ2n) is 1.31. The molecule has 0 bridgehead atoms. The van der Waals surface area contributed by atoms with Crippen LogP contribution in [0, 0.1) is 0 Å². The smallest absolute Gasteiger partial charge is 0.330 e. The molecule has 0 aliphatic heterocycles. The summed E-state index contributed by atoms with van der Waals surface area (Å²) >= 11 is 3.13. The molecule has 0 spiro atoms. The van der Waals surface area contributed by atoms with Gasteiger partial charge >= 0.3 is 5.97 Å². The lowest BCUT2D eigenvalue weighted by atomic mass is 10.5. The first-order valence-electron chi connectivity index (χ1n) is 2.70. The Kier molecular flexibility index (Phi) is 5.62. The first-order valence-corrected chi connectivity index (χ1v) is 3.82. The Balaban J connectivity index is 3.37. The summed E-state index contributed by atoms with van der Waals surface area (Å²) < 4.78 is 4.60. The maximum Gasteiger partial charge on any atom is 0.330 e. The molecule has 0 aromatic heterocycles. The van der Waals surface area contributed by atoms with Gasteiger partial charge in [-0.25, -0.2) is 4.79 Å². The lowest BCUT2D eigenvalue weighted by molar-refractivity contribution is -0.137. The van der Waals surface area contributed by atoms with E-state index in [2.05, 4.69) is 20.7 Å². The molecule has 0 saturated carbocycles. The highest BCUT2D eigenvalue weighted by molar-refractivity contribution is 9.09. The van der Waals surface area contributed by atoms with E-state index < -0.39 is 0 Å². The van der Waals surface area contributed by atoms with Crippen LogP contribution in [0.15, 0.2) is 12.2 Å². The van der Waals surface area contributed by atoms with Crippen LogP contribution < -0.4 is 0 Å². The van der Waals surface area contributed by atoms with Gasteiger partial charge in [-0.05, 0) is 6.92 Å². The number of halogens is 1. The molecule has 0 heterocycles. The van der Waals surface area contributed by atoms with Gasteiger partial charge in [0.1, 0.15) is 0 Å². The van der Waals surface area contributed by atoms with Gasteiger partial charge in [0.05, 0.1) is 6.61 Å². The zero-order valence-corrected chi connectivity index (χ0v) is 6.85. The van der Waals surface area contributed by atoms with E-state index >= 15 is 0 Å². The SMILES string of the molecule is CCOC(=O)/C=C\CBr. The third-order valence-electron chi connectivity index (χ3n) is 0.630. The fourth-order valence-corrected chi connectivity index (χ4v) is 0.518. The Morgan fingerprint density at radius 3 is 2.89 bits per heavy atom. The summed E-state index contributed by atoms with van der Waals surface area (Å²) in [7, 11) is 0. The van der Waals surface area contributed by atoms with Gasteiger partial charge in [-0.1, -0.05) is 22.0 Å². The van der Waals surface area contributed by atoms with Crippen molar-refractivity contribution in [2.45, 2.75) is 6.92 Å². The number of carbonyl (C=O) groups is 1. The van der Waals surface area contributed by atoms with E-state index in [9.17, 15) is 4.79 Å². The van der Waals surface area contributed by atoms with Crippen molar-refractivity contribution in [3.8, 4) is 0 Å². The summed E-state index contributed by atoms with van der Waals surface area (Å²) in [4.78, 5) is 10.5. The largest absolute Gasteiger partial charge is 0.463 e. The molecule has 0 aliphatic rings.